The molecule has 2 aromatic carbocycles. The molecule has 0 radical (unpaired) electrons. The number of hydrogen-bond donors (Lipinski definition) is 1. The van der Waals surface area contributed by atoms with Gasteiger partial charge in [-0.15, -0.1) is 0 Å². The number of amides is 1. The molecule has 0 fully saturated rings. The summed E-state index contributed by atoms with van der Waals surface area (Å²) in [4.78, 5) is 25.4. The molecule has 2 aromatic rings. The molecule has 0 saturated carbocycles. The van der Waals surface area contributed by atoms with Crippen LogP contribution in [0.25, 0.3) is 0 Å². The summed E-state index contributed by atoms with van der Waals surface area (Å²) in [6, 6.07) is 10.1. The number of carbonyl (C=O) groups excluding carboxylic acids is 1. The number of rotatable bonds is 4. The Bertz CT molecular complexity index is 853. The van der Waals surface area contributed by atoms with E-state index in [0.717, 1.165) is 6.42 Å². The minimum Gasteiger partial charge on any atom is -0.361 e. The third-order valence-corrected chi connectivity index (χ3v) is 4.52. The molecule has 7 heteroatoms. The smallest absolute Gasteiger partial charge is 0.272 e. The zero-order chi connectivity index (χ0) is 18.1. The van der Waals surface area contributed by atoms with Crippen molar-refractivity contribution in [1.29, 1.82) is 0 Å². The van der Waals surface area contributed by atoms with Crippen molar-refractivity contribution in [1.82, 2.24) is 4.90 Å². The predicted octanol–water partition coefficient (Wildman–Crippen LogP) is 4.53. The van der Waals surface area contributed by atoms with Crippen LogP contribution in [0.5, 0.6) is 0 Å². The van der Waals surface area contributed by atoms with E-state index in [9.17, 15) is 14.9 Å². The molecule has 1 aliphatic heterocycles. The van der Waals surface area contributed by atoms with Crippen LogP contribution in [0.2, 0.25) is 5.02 Å². The normalized spacial score (nSPS) is 16.4. The Balaban J connectivity index is 2.09. The van der Waals surface area contributed by atoms with Gasteiger partial charge >= 0.3 is 0 Å². The zero-order valence-corrected chi connectivity index (χ0v) is 14.7. The molecule has 1 atom stereocenters. The molecule has 3 rings (SSSR count). The minimum atomic E-state index is -0.474. The van der Waals surface area contributed by atoms with E-state index in [0.29, 0.717) is 33.9 Å². The van der Waals surface area contributed by atoms with E-state index in [2.05, 4.69) is 5.32 Å². The van der Waals surface area contributed by atoms with E-state index in [1.807, 2.05) is 13.0 Å². The van der Waals surface area contributed by atoms with Gasteiger partial charge in [-0.1, -0.05) is 30.7 Å². The topological polar surface area (TPSA) is 75.5 Å². The van der Waals surface area contributed by atoms with Gasteiger partial charge in [0.15, 0.2) is 0 Å². The molecule has 0 aliphatic carbocycles. The van der Waals surface area contributed by atoms with Gasteiger partial charge in [0.05, 0.1) is 16.2 Å². The SMILES string of the molecule is CCCN1C(=O)c2ccc(Cl)cc2NC1c1ccc(C)c([N+](=O)[O-])c1. The van der Waals surface area contributed by atoms with Crippen LogP contribution in [0.15, 0.2) is 36.4 Å². The maximum atomic E-state index is 12.9. The Labute approximate surface area is 150 Å². The maximum Gasteiger partial charge on any atom is 0.272 e. The van der Waals surface area contributed by atoms with E-state index in [1.54, 1.807) is 36.1 Å². The van der Waals surface area contributed by atoms with Crippen LogP contribution in [0.4, 0.5) is 11.4 Å². The fourth-order valence-corrected chi connectivity index (χ4v) is 3.22. The fourth-order valence-electron chi connectivity index (χ4n) is 3.05. The van der Waals surface area contributed by atoms with Crippen molar-refractivity contribution in [2.24, 2.45) is 0 Å². The largest absolute Gasteiger partial charge is 0.361 e. The average molecular weight is 360 g/mol. The van der Waals surface area contributed by atoms with Gasteiger partial charge in [0, 0.05) is 28.8 Å². The molecule has 6 nitrogen and oxygen atoms in total. The quantitative estimate of drug-likeness (QED) is 0.642. The van der Waals surface area contributed by atoms with Crippen molar-refractivity contribution in [3.8, 4) is 0 Å². The highest BCUT2D eigenvalue weighted by Crippen LogP contribution is 2.36. The first-order chi connectivity index (χ1) is 11.9. The average Bonchev–Trinajstić information content (AvgIpc) is 2.57. The Morgan fingerprint density at radius 1 is 1.28 bits per heavy atom. The zero-order valence-electron chi connectivity index (χ0n) is 14.0. The Morgan fingerprint density at radius 2 is 2.04 bits per heavy atom. The number of nitro groups is 1. The van der Waals surface area contributed by atoms with Crippen molar-refractivity contribution >= 4 is 28.9 Å². The number of fused-ring (bicyclic) bond motifs is 1. The van der Waals surface area contributed by atoms with E-state index in [1.165, 1.54) is 6.07 Å². The summed E-state index contributed by atoms with van der Waals surface area (Å²) >= 11 is 6.05. The lowest BCUT2D eigenvalue weighted by molar-refractivity contribution is -0.385. The molecule has 0 aromatic heterocycles. The number of anilines is 1. The van der Waals surface area contributed by atoms with Gasteiger partial charge in [-0.05, 0) is 31.5 Å². The lowest BCUT2D eigenvalue weighted by atomic mass is 10.0. The highest BCUT2D eigenvalue weighted by molar-refractivity contribution is 6.31. The fraction of sp³-hybridized carbons (Fsp3) is 0.278. The second kappa shape index (κ2) is 6.72. The molecule has 1 amide bonds. The van der Waals surface area contributed by atoms with Crippen LogP contribution >= 0.6 is 11.6 Å². The highest BCUT2D eigenvalue weighted by atomic mass is 35.5. The molecular formula is C18H18ClN3O3. The molecular weight excluding hydrogens is 342 g/mol. The Kier molecular flexibility index (Phi) is 4.63. The number of nitrogens with zero attached hydrogens (tertiary/aromatic N) is 2. The highest BCUT2D eigenvalue weighted by Gasteiger charge is 2.33. The molecule has 1 N–H and O–H groups in total. The number of nitro benzene ring substituents is 1. The summed E-state index contributed by atoms with van der Waals surface area (Å²) in [5.74, 6) is -0.111. The lowest BCUT2D eigenvalue weighted by Crippen LogP contribution is -2.43. The number of nitrogens with one attached hydrogen (secondary N) is 1. The summed E-state index contributed by atoms with van der Waals surface area (Å²) in [5.41, 5.74) is 2.49. The molecule has 1 heterocycles. The monoisotopic (exact) mass is 359 g/mol. The summed E-state index contributed by atoms with van der Waals surface area (Å²) in [6.07, 6.45) is 0.304. The van der Waals surface area contributed by atoms with Crippen molar-refractivity contribution in [2.75, 3.05) is 11.9 Å². The standard InChI is InChI=1S/C18H18ClN3O3/c1-3-8-21-17(12-5-4-11(2)16(9-12)22(24)25)20-15-10-13(19)6-7-14(15)18(21)23/h4-7,9-10,17,20H,3,8H2,1-2H3. The van der Waals surface area contributed by atoms with Crippen molar-refractivity contribution < 1.29 is 9.72 Å². The lowest BCUT2D eigenvalue weighted by Gasteiger charge is -2.38. The van der Waals surface area contributed by atoms with E-state index < -0.39 is 11.1 Å². The first kappa shape index (κ1) is 17.2. The van der Waals surface area contributed by atoms with Crippen molar-refractivity contribution in [3.63, 3.8) is 0 Å². The minimum absolute atomic E-state index is 0.0417. The van der Waals surface area contributed by atoms with E-state index in [4.69, 9.17) is 11.6 Å². The van der Waals surface area contributed by atoms with Crippen molar-refractivity contribution in [2.45, 2.75) is 26.4 Å². The molecule has 0 spiro atoms. The third kappa shape index (κ3) is 3.17. The third-order valence-electron chi connectivity index (χ3n) is 4.29. The second-order valence-electron chi connectivity index (χ2n) is 6.04. The van der Waals surface area contributed by atoms with Crippen LogP contribution in [0.3, 0.4) is 0 Å². The van der Waals surface area contributed by atoms with Crippen LogP contribution in [0.1, 0.15) is 41.0 Å². The summed E-state index contributed by atoms with van der Waals surface area (Å²) in [5, 5.41) is 15.1. The van der Waals surface area contributed by atoms with Gasteiger partial charge in [-0.25, -0.2) is 0 Å². The molecule has 0 bridgehead atoms. The van der Waals surface area contributed by atoms with E-state index >= 15 is 0 Å². The number of aryl methyl sites for hydroxylation is 1. The summed E-state index contributed by atoms with van der Waals surface area (Å²) in [6.45, 7) is 4.22. The number of halogens is 1. The van der Waals surface area contributed by atoms with Crippen molar-refractivity contribution in [3.05, 3.63) is 68.2 Å². The van der Waals surface area contributed by atoms with E-state index in [-0.39, 0.29) is 11.6 Å². The molecule has 1 unspecified atom stereocenters. The number of hydrogen-bond acceptors (Lipinski definition) is 4. The van der Waals surface area contributed by atoms with Gasteiger partial charge in [0.2, 0.25) is 0 Å². The summed E-state index contributed by atoms with van der Waals surface area (Å²) < 4.78 is 0. The van der Waals surface area contributed by atoms with Gasteiger partial charge in [-0.2, -0.15) is 0 Å². The van der Waals surface area contributed by atoms with Crippen LogP contribution in [-0.2, 0) is 0 Å². The number of carbonyl (C=O) groups is 1. The molecule has 25 heavy (non-hydrogen) atoms. The van der Waals surface area contributed by atoms with Crippen LogP contribution < -0.4 is 5.32 Å². The Hall–Kier alpha value is -2.60. The second-order valence-corrected chi connectivity index (χ2v) is 6.47. The Morgan fingerprint density at radius 3 is 2.72 bits per heavy atom. The van der Waals surface area contributed by atoms with Crippen LogP contribution in [-0.4, -0.2) is 22.3 Å². The van der Waals surface area contributed by atoms with Gasteiger partial charge in [0.25, 0.3) is 11.6 Å². The maximum absolute atomic E-state index is 12.9. The predicted molar refractivity (Wildman–Crippen MR) is 97.0 cm³/mol. The molecule has 0 saturated heterocycles. The summed E-state index contributed by atoms with van der Waals surface area (Å²) in [7, 11) is 0. The molecule has 130 valence electrons. The first-order valence-electron chi connectivity index (χ1n) is 8.04. The first-order valence-corrected chi connectivity index (χ1v) is 8.42. The van der Waals surface area contributed by atoms with Gasteiger partial charge in [0.1, 0.15) is 6.17 Å². The number of benzene rings is 2. The molecule has 1 aliphatic rings. The van der Waals surface area contributed by atoms with Crippen LogP contribution in [0, 0.1) is 17.0 Å². The van der Waals surface area contributed by atoms with Gasteiger partial charge in [-0.3, -0.25) is 14.9 Å². The van der Waals surface area contributed by atoms with Gasteiger partial charge < -0.3 is 10.2 Å².